The SMILES string of the molecule is Cc1ccc(Cn2c(C(=O)N3CCN(c4ncccn4)CC3)cc3occc32)cc1. The van der Waals surface area contributed by atoms with Gasteiger partial charge in [0, 0.05) is 57.3 Å². The van der Waals surface area contributed by atoms with Crippen molar-refractivity contribution in [3.63, 3.8) is 0 Å². The maximum Gasteiger partial charge on any atom is 0.270 e. The van der Waals surface area contributed by atoms with E-state index in [1.165, 1.54) is 5.56 Å². The van der Waals surface area contributed by atoms with Crippen LogP contribution >= 0.6 is 0 Å². The summed E-state index contributed by atoms with van der Waals surface area (Å²) in [5.74, 6) is 0.743. The molecule has 1 saturated heterocycles. The van der Waals surface area contributed by atoms with Gasteiger partial charge in [-0.25, -0.2) is 9.97 Å². The van der Waals surface area contributed by atoms with Crippen molar-refractivity contribution < 1.29 is 9.21 Å². The third-order valence-electron chi connectivity index (χ3n) is 5.61. The first kappa shape index (κ1) is 18.4. The average molecular weight is 401 g/mol. The number of aryl methyl sites for hydroxylation is 1. The maximum absolute atomic E-state index is 13.4. The summed E-state index contributed by atoms with van der Waals surface area (Å²) in [5, 5.41) is 0. The predicted octanol–water partition coefficient (Wildman–Crippen LogP) is 3.34. The minimum Gasteiger partial charge on any atom is -0.463 e. The van der Waals surface area contributed by atoms with E-state index < -0.39 is 0 Å². The molecule has 5 rings (SSSR count). The molecule has 152 valence electrons. The van der Waals surface area contributed by atoms with E-state index in [0.29, 0.717) is 44.4 Å². The zero-order chi connectivity index (χ0) is 20.5. The molecule has 0 saturated carbocycles. The fourth-order valence-electron chi connectivity index (χ4n) is 3.93. The lowest BCUT2D eigenvalue weighted by atomic mass is 10.1. The Balaban J connectivity index is 1.37. The highest BCUT2D eigenvalue weighted by atomic mass is 16.3. The summed E-state index contributed by atoms with van der Waals surface area (Å²) in [5.41, 5.74) is 4.71. The van der Waals surface area contributed by atoms with Gasteiger partial charge in [-0.2, -0.15) is 0 Å². The third kappa shape index (κ3) is 3.43. The van der Waals surface area contributed by atoms with Crippen LogP contribution in [-0.2, 0) is 6.54 Å². The summed E-state index contributed by atoms with van der Waals surface area (Å²) in [6.07, 6.45) is 5.16. The van der Waals surface area contributed by atoms with Crippen molar-refractivity contribution in [3.05, 3.63) is 77.9 Å². The molecule has 1 aromatic carbocycles. The van der Waals surface area contributed by atoms with Crippen LogP contribution in [0.2, 0.25) is 0 Å². The Labute approximate surface area is 174 Å². The molecule has 0 N–H and O–H groups in total. The Bertz CT molecular complexity index is 1160. The second-order valence-corrected chi connectivity index (χ2v) is 7.60. The van der Waals surface area contributed by atoms with E-state index in [2.05, 4.69) is 50.6 Å². The molecule has 0 radical (unpaired) electrons. The van der Waals surface area contributed by atoms with Crippen molar-refractivity contribution in [2.24, 2.45) is 0 Å². The van der Waals surface area contributed by atoms with E-state index in [0.717, 1.165) is 16.7 Å². The number of rotatable bonds is 4. The Kier molecular flexibility index (Phi) is 4.71. The summed E-state index contributed by atoms with van der Waals surface area (Å²) in [4.78, 5) is 26.0. The van der Waals surface area contributed by atoms with Gasteiger partial charge in [0.2, 0.25) is 5.95 Å². The molecule has 7 nitrogen and oxygen atoms in total. The van der Waals surface area contributed by atoms with Gasteiger partial charge in [0.1, 0.15) is 5.69 Å². The van der Waals surface area contributed by atoms with Gasteiger partial charge in [-0.3, -0.25) is 4.79 Å². The van der Waals surface area contributed by atoms with E-state index >= 15 is 0 Å². The number of carbonyl (C=O) groups is 1. The van der Waals surface area contributed by atoms with Crippen LogP contribution in [0.1, 0.15) is 21.6 Å². The van der Waals surface area contributed by atoms with Gasteiger partial charge in [0.05, 0.1) is 11.8 Å². The first-order valence-electron chi connectivity index (χ1n) is 10.1. The molecule has 30 heavy (non-hydrogen) atoms. The van der Waals surface area contributed by atoms with Gasteiger partial charge in [-0.1, -0.05) is 29.8 Å². The molecule has 0 aliphatic carbocycles. The highest BCUT2D eigenvalue weighted by molar-refractivity contribution is 5.97. The van der Waals surface area contributed by atoms with Gasteiger partial charge in [-0.05, 0) is 18.6 Å². The largest absolute Gasteiger partial charge is 0.463 e. The summed E-state index contributed by atoms with van der Waals surface area (Å²) in [7, 11) is 0. The molecule has 3 aromatic heterocycles. The van der Waals surface area contributed by atoms with E-state index in [4.69, 9.17) is 4.42 Å². The van der Waals surface area contributed by atoms with Crippen LogP contribution in [0.5, 0.6) is 0 Å². The molecule has 4 heterocycles. The molecule has 1 fully saturated rings. The number of aromatic nitrogens is 3. The number of piperazine rings is 1. The number of benzene rings is 1. The maximum atomic E-state index is 13.4. The summed E-state index contributed by atoms with van der Waals surface area (Å²) >= 11 is 0. The van der Waals surface area contributed by atoms with E-state index in [9.17, 15) is 4.79 Å². The molecule has 1 aliphatic heterocycles. The zero-order valence-corrected chi connectivity index (χ0v) is 16.9. The topological polar surface area (TPSA) is 67.4 Å². The number of furan rings is 1. The monoisotopic (exact) mass is 401 g/mol. The second kappa shape index (κ2) is 7.67. The number of anilines is 1. The first-order valence-corrected chi connectivity index (χ1v) is 10.1. The van der Waals surface area contributed by atoms with Crippen LogP contribution in [0.4, 0.5) is 5.95 Å². The van der Waals surface area contributed by atoms with Crippen LogP contribution in [0.15, 0.2) is 65.5 Å². The molecule has 0 spiro atoms. The Morgan fingerprint density at radius 3 is 2.50 bits per heavy atom. The van der Waals surface area contributed by atoms with E-state index in [1.807, 2.05) is 17.0 Å². The summed E-state index contributed by atoms with van der Waals surface area (Å²) < 4.78 is 7.65. The average Bonchev–Trinajstić information content (AvgIpc) is 3.38. The molecule has 1 amide bonds. The second-order valence-electron chi connectivity index (χ2n) is 7.60. The van der Waals surface area contributed by atoms with E-state index in [1.54, 1.807) is 24.7 Å². The van der Waals surface area contributed by atoms with Crippen LogP contribution < -0.4 is 4.90 Å². The Hall–Kier alpha value is -3.61. The quantitative estimate of drug-likeness (QED) is 0.525. The van der Waals surface area contributed by atoms with E-state index in [-0.39, 0.29) is 5.91 Å². The van der Waals surface area contributed by atoms with Crippen molar-refractivity contribution >= 4 is 23.0 Å². The highest BCUT2D eigenvalue weighted by Gasteiger charge is 2.27. The standard InChI is InChI=1S/C23H23N5O2/c1-17-3-5-18(6-4-17)16-28-19-7-14-30-21(19)15-20(28)22(29)26-10-12-27(13-11-26)23-24-8-2-9-25-23/h2-9,14-15H,10-13,16H2,1H3. The fraction of sp³-hybridized carbons (Fsp3) is 0.261. The smallest absolute Gasteiger partial charge is 0.270 e. The predicted molar refractivity (Wildman–Crippen MR) is 115 cm³/mol. The number of hydrogen-bond acceptors (Lipinski definition) is 5. The van der Waals surface area contributed by atoms with Crippen molar-refractivity contribution in [3.8, 4) is 0 Å². The summed E-state index contributed by atoms with van der Waals surface area (Å²) in [6, 6.07) is 14.0. The first-order chi connectivity index (χ1) is 14.7. The van der Waals surface area contributed by atoms with Crippen molar-refractivity contribution in [2.75, 3.05) is 31.1 Å². The minimum absolute atomic E-state index is 0.0298. The lowest BCUT2D eigenvalue weighted by molar-refractivity contribution is 0.0736. The molecular formula is C23H23N5O2. The zero-order valence-electron chi connectivity index (χ0n) is 16.9. The highest BCUT2D eigenvalue weighted by Crippen LogP contribution is 2.24. The lowest BCUT2D eigenvalue weighted by Crippen LogP contribution is -2.49. The lowest BCUT2D eigenvalue weighted by Gasteiger charge is -2.34. The van der Waals surface area contributed by atoms with Crippen LogP contribution in [0, 0.1) is 6.92 Å². The number of amides is 1. The Morgan fingerprint density at radius 1 is 1.03 bits per heavy atom. The van der Waals surface area contributed by atoms with Gasteiger partial charge in [0.15, 0.2) is 5.58 Å². The van der Waals surface area contributed by atoms with Gasteiger partial charge < -0.3 is 18.8 Å². The minimum atomic E-state index is 0.0298. The van der Waals surface area contributed by atoms with Crippen LogP contribution in [-0.4, -0.2) is 51.5 Å². The number of hydrogen-bond donors (Lipinski definition) is 0. The normalized spacial score (nSPS) is 14.4. The number of carbonyl (C=O) groups excluding carboxylic acids is 1. The Morgan fingerprint density at radius 2 is 1.77 bits per heavy atom. The van der Waals surface area contributed by atoms with Crippen LogP contribution in [0.25, 0.3) is 11.1 Å². The molecular weight excluding hydrogens is 378 g/mol. The molecule has 1 aliphatic rings. The molecule has 0 atom stereocenters. The van der Waals surface area contributed by atoms with Gasteiger partial charge in [0.25, 0.3) is 5.91 Å². The number of fused-ring (bicyclic) bond motifs is 1. The fourth-order valence-corrected chi connectivity index (χ4v) is 3.93. The van der Waals surface area contributed by atoms with Gasteiger partial charge >= 0.3 is 0 Å². The molecule has 7 heteroatoms. The van der Waals surface area contributed by atoms with Crippen molar-refractivity contribution in [1.82, 2.24) is 19.4 Å². The molecule has 0 bridgehead atoms. The molecule has 4 aromatic rings. The number of nitrogens with zero attached hydrogens (tertiary/aromatic N) is 5. The van der Waals surface area contributed by atoms with Gasteiger partial charge in [-0.15, -0.1) is 0 Å². The molecule has 0 unspecified atom stereocenters. The summed E-state index contributed by atoms with van der Waals surface area (Å²) in [6.45, 7) is 5.39. The third-order valence-corrected chi connectivity index (χ3v) is 5.61. The van der Waals surface area contributed by atoms with Crippen LogP contribution in [0.3, 0.4) is 0 Å². The van der Waals surface area contributed by atoms with Crippen molar-refractivity contribution in [1.29, 1.82) is 0 Å². The van der Waals surface area contributed by atoms with Crippen molar-refractivity contribution in [2.45, 2.75) is 13.5 Å².